The number of likely N-dealkylation sites (tertiary alicyclic amines) is 1. The second-order valence-electron chi connectivity index (χ2n) is 10.1. The summed E-state index contributed by atoms with van der Waals surface area (Å²) >= 11 is 1.55. The van der Waals surface area contributed by atoms with Crippen LogP contribution in [0.2, 0.25) is 0 Å². The Balaban J connectivity index is 0.000000333. The van der Waals surface area contributed by atoms with Crippen LogP contribution < -0.4 is 11.5 Å². The Morgan fingerprint density at radius 3 is 2.49 bits per heavy atom. The van der Waals surface area contributed by atoms with Gasteiger partial charge in [-0.25, -0.2) is 4.99 Å². The van der Waals surface area contributed by atoms with Crippen LogP contribution >= 0.6 is 11.3 Å². The highest BCUT2D eigenvalue weighted by atomic mass is 32.1. The zero-order valence-electron chi connectivity index (χ0n) is 22.5. The van der Waals surface area contributed by atoms with Crippen LogP contribution in [-0.4, -0.2) is 62.9 Å². The number of benzene rings is 1. The summed E-state index contributed by atoms with van der Waals surface area (Å²) < 4.78 is 1.75. The van der Waals surface area contributed by atoms with E-state index in [1.165, 1.54) is 0 Å². The molecule has 1 aromatic carbocycles. The van der Waals surface area contributed by atoms with Gasteiger partial charge in [-0.1, -0.05) is 24.3 Å². The van der Waals surface area contributed by atoms with Crippen LogP contribution in [0.5, 0.6) is 0 Å². The van der Waals surface area contributed by atoms with Crippen molar-refractivity contribution < 1.29 is 14.4 Å². The number of guanidine groups is 1. The van der Waals surface area contributed by atoms with Gasteiger partial charge >= 0.3 is 0 Å². The van der Waals surface area contributed by atoms with Gasteiger partial charge in [-0.15, -0.1) is 11.3 Å². The SMILES string of the molecule is CC(=O)N1CCC(CN2C(=O)C(C)(c3cccc(-c4cnn(C)c4)c3)N=C2N)CC1.NC(=O)Cc1cccs1. The summed E-state index contributed by atoms with van der Waals surface area (Å²) in [5, 5.41) is 6.16. The van der Waals surface area contributed by atoms with Crippen LogP contribution in [0, 0.1) is 5.92 Å². The van der Waals surface area contributed by atoms with Crippen molar-refractivity contribution in [2.24, 2.45) is 29.4 Å². The van der Waals surface area contributed by atoms with Crippen molar-refractivity contribution in [1.29, 1.82) is 0 Å². The summed E-state index contributed by atoms with van der Waals surface area (Å²) in [6.07, 6.45) is 5.84. The van der Waals surface area contributed by atoms with E-state index < -0.39 is 5.54 Å². The highest BCUT2D eigenvalue weighted by Gasteiger charge is 2.46. The van der Waals surface area contributed by atoms with Crippen LogP contribution in [-0.2, 0) is 33.4 Å². The number of thiophene rings is 1. The van der Waals surface area contributed by atoms with Crippen molar-refractivity contribution >= 4 is 35.0 Å². The first-order valence-electron chi connectivity index (χ1n) is 12.9. The van der Waals surface area contributed by atoms with E-state index >= 15 is 0 Å². The van der Waals surface area contributed by atoms with Gasteiger partial charge in [0.05, 0.1) is 12.6 Å². The molecule has 11 heteroatoms. The van der Waals surface area contributed by atoms with Crippen molar-refractivity contribution in [3.63, 3.8) is 0 Å². The topological polar surface area (TPSA) is 140 Å². The van der Waals surface area contributed by atoms with E-state index in [4.69, 9.17) is 11.5 Å². The molecule has 0 radical (unpaired) electrons. The van der Waals surface area contributed by atoms with E-state index in [-0.39, 0.29) is 23.7 Å². The number of primary amides is 1. The van der Waals surface area contributed by atoms with Crippen molar-refractivity contribution in [3.8, 4) is 11.1 Å². The molecule has 1 saturated heterocycles. The molecule has 4 N–H and O–H groups in total. The lowest BCUT2D eigenvalue weighted by Crippen LogP contribution is -2.46. The monoisotopic (exact) mass is 549 g/mol. The van der Waals surface area contributed by atoms with Crippen molar-refractivity contribution in [3.05, 3.63) is 64.6 Å². The highest BCUT2D eigenvalue weighted by molar-refractivity contribution is 7.10. The molecule has 1 fully saturated rings. The summed E-state index contributed by atoms with van der Waals surface area (Å²) in [5.41, 5.74) is 12.9. The molecule has 2 aromatic heterocycles. The third-order valence-electron chi connectivity index (χ3n) is 7.17. The van der Waals surface area contributed by atoms with Crippen LogP contribution in [0.3, 0.4) is 0 Å². The smallest absolute Gasteiger partial charge is 0.261 e. The molecule has 2 aliphatic rings. The minimum absolute atomic E-state index is 0.0997. The lowest BCUT2D eigenvalue weighted by Gasteiger charge is -2.33. The molecular formula is C28H35N7O3S. The normalized spacial score (nSPS) is 19.5. The Morgan fingerprint density at radius 2 is 1.90 bits per heavy atom. The Hall–Kier alpha value is -3.99. The number of piperidine rings is 1. The summed E-state index contributed by atoms with van der Waals surface area (Å²) in [6.45, 7) is 5.41. The van der Waals surface area contributed by atoms with Crippen LogP contribution in [0.4, 0.5) is 0 Å². The van der Waals surface area contributed by atoms with E-state index in [1.54, 1.807) is 34.0 Å². The number of nitrogens with two attached hydrogens (primary N) is 2. The molecule has 5 rings (SSSR count). The lowest BCUT2D eigenvalue weighted by atomic mass is 9.89. The van der Waals surface area contributed by atoms with E-state index in [2.05, 4.69) is 10.1 Å². The van der Waals surface area contributed by atoms with E-state index in [0.717, 1.165) is 47.5 Å². The maximum Gasteiger partial charge on any atom is 0.261 e. The molecule has 4 heterocycles. The predicted octanol–water partition coefficient (Wildman–Crippen LogP) is 2.49. The molecule has 1 atom stereocenters. The number of aliphatic imine (C=N–C) groups is 1. The first-order valence-corrected chi connectivity index (χ1v) is 13.8. The second-order valence-corrected chi connectivity index (χ2v) is 11.1. The zero-order valence-corrected chi connectivity index (χ0v) is 23.4. The molecule has 0 saturated carbocycles. The fourth-order valence-electron chi connectivity index (χ4n) is 4.91. The molecule has 3 aromatic rings. The predicted molar refractivity (Wildman–Crippen MR) is 152 cm³/mol. The highest BCUT2D eigenvalue weighted by Crippen LogP contribution is 2.35. The lowest BCUT2D eigenvalue weighted by molar-refractivity contribution is -0.133. The Kier molecular flexibility index (Phi) is 8.49. The molecule has 2 aliphatic heterocycles. The number of hydrogen-bond acceptors (Lipinski definition) is 7. The fourth-order valence-corrected chi connectivity index (χ4v) is 5.63. The van der Waals surface area contributed by atoms with E-state index in [9.17, 15) is 14.4 Å². The van der Waals surface area contributed by atoms with Crippen molar-refractivity contribution in [1.82, 2.24) is 19.6 Å². The molecule has 3 amide bonds. The van der Waals surface area contributed by atoms with Gasteiger partial charge in [0.25, 0.3) is 5.91 Å². The molecule has 10 nitrogen and oxygen atoms in total. The average Bonchev–Trinajstić information content (AvgIpc) is 3.63. The Bertz CT molecular complexity index is 1360. The van der Waals surface area contributed by atoms with E-state index in [1.807, 2.05) is 66.8 Å². The van der Waals surface area contributed by atoms with Gasteiger partial charge in [0, 0.05) is 50.2 Å². The Morgan fingerprint density at radius 1 is 1.15 bits per heavy atom. The maximum atomic E-state index is 13.4. The van der Waals surface area contributed by atoms with Crippen LogP contribution in [0.25, 0.3) is 11.1 Å². The largest absolute Gasteiger partial charge is 0.369 e. The summed E-state index contributed by atoms with van der Waals surface area (Å²) in [6, 6.07) is 11.6. The number of nitrogens with zero attached hydrogens (tertiary/aromatic N) is 5. The zero-order chi connectivity index (χ0) is 28.2. The third-order valence-corrected chi connectivity index (χ3v) is 8.04. The van der Waals surface area contributed by atoms with Gasteiger partial charge in [0.15, 0.2) is 11.5 Å². The number of aryl methyl sites for hydroxylation is 1. The fraction of sp³-hybridized carbons (Fsp3) is 0.393. The number of carbonyl (C=O) groups is 3. The van der Waals surface area contributed by atoms with Crippen molar-refractivity contribution in [2.75, 3.05) is 19.6 Å². The van der Waals surface area contributed by atoms with Gasteiger partial charge in [0.2, 0.25) is 11.8 Å². The van der Waals surface area contributed by atoms with Gasteiger partial charge in [0.1, 0.15) is 0 Å². The summed E-state index contributed by atoms with van der Waals surface area (Å²) in [7, 11) is 1.87. The average molecular weight is 550 g/mol. The molecule has 1 unspecified atom stereocenters. The summed E-state index contributed by atoms with van der Waals surface area (Å²) in [5.74, 6) is 0.313. The molecule has 0 bridgehead atoms. The van der Waals surface area contributed by atoms with Gasteiger partial charge in [-0.05, 0) is 54.3 Å². The third kappa shape index (κ3) is 6.54. The van der Waals surface area contributed by atoms with Gasteiger partial charge in [-0.3, -0.25) is 24.0 Å². The van der Waals surface area contributed by atoms with Crippen molar-refractivity contribution in [2.45, 2.75) is 38.6 Å². The first kappa shape index (κ1) is 28.0. The number of aromatic nitrogens is 2. The minimum Gasteiger partial charge on any atom is -0.369 e. The standard InChI is InChI=1S/C22H28N6O2.C6H7NOS/c1-15(29)27-9-7-16(8-10-27)13-28-20(30)22(2,25-21(28)23)19-6-4-5-17(11-19)18-12-24-26(3)14-18;7-6(8)4-5-2-1-3-9-5/h4-6,11-12,14,16H,7-10,13H2,1-3H3,(H2,23,25);1-3H,4H2,(H2,7,8). The first-order chi connectivity index (χ1) is 18.6. The number of carbonyl (C=O) groups excluding carboxylic acids is 3. The minimum atomic E-state index is -1.04. The number of amides is 3. The van der Waals surface area contributed by atoms with E-state index in [0.29, 0.717) is 18.9 Å². The molecule has 39 heavy (non-hydrogen) atoms. The molecule has 0 spiro atoms. The summed E-state index contributed by atoms with van der Waals surface area (Å²) in [4.78, 5) is 44.3. The molecule has 206 valence electrons. The van der Waals surface area contributed by atoms with Gasteiger partial charge < -0.3 is 16.4 Å². The molecule has 0 aliphatic carbocycles. The van der Waals surface area contributed by atoms with Crippen LogP contribution in [0.15, 0.2) is 59.2 Å². The maximum absolute atomic E-state index is 13.4. The second kappa shape index (κ2) is 11.8. The van der Waals surface area contributed by atoms with Gasteiger partial charge in [-0.2, -0.15) is 5.10 Å². The van der Waals surface area contributed by atoms with Crippen LogP contribution in [0.1, 0.15) is 37.1 Å². The quantitative estimate of drug-likeness (QED) is 0.486. The Labute approximate surface area is 232 Å². The number of rotatable bonds is 6. The number of hydrogen-bond donors (Lipinski definition) is 2. The molecular weight excluding hydrogens is 514 g/mol.